The zero-order chi connectivity index (χ0) is 12.6. The fraction of sp³-hybridized carbons (Fsp3) is 0.182. The third-order valence-electron chi connectivity index (χ3n) is 2.52. The van der Waals surface area contributed by atoms with Crippen molar-refractivity contribution >= 4 is 16.7 Å². The van der Waals surface area contributed by atoms with Gasteiger partial charge in [0.1, 0.15) is 0 Å². The number of hydrogen-bond donors (Lipinski definition) is 2. The van der Waals surface area contributed by atoms with Gasteiger partial charge in [-0.2, -0.15) is 5.10 Å². The van der Waals surface area contributed by atoms with Gasteiger partial charge in [0.05, 0.1) is 23.3 Å². The molecular formula is C11H10N2O4. The van der Waals surface area contributed by atoms with E-state index in [-0.39, 0.29) is 23.1 Å². The smallest absolute Gasteiger partial charge is 0.335 e. The number of carbonyl (C=O) groups is 1. The third kappa shape index (κ3) is 1.78. The molecule has 1 aromatic carbocycles. The molecule has 2 N–H and O–H groups in total. The highest BCUT2D eigenvalue weighted by atomic mass is 16.4. The molecule has 17 heavy (non-hydrogen) atoms. The number of nitrogens with zero attached hydrogens (tertiary/aromatic N) is 2. The molecule has 0 amide bonds. The summed E-state index contributed by atoms with van der Waals surface area (Å²) in [6, 6.07) is 4.16. The van der Waals surface area contributed by atoms with Crippen LogP contribution in [0.25, 0.3) is 10.8 Å². The summed E-state index contributed by atoms with van der Waals surface area (Å²) in [4.78, 5) is 22.6. The van der Waals surface area contributed by atoms with E-state index < -0.39 is 5.97 Å². The molecule has 0 unspecified atom stereocenters. The topological polar surface area (TPSA) is 92.4 Å². The number of fused-ring (bicyclic) bond motifs is 1. The van der Waals surface area contributed by atoms with Gasteiger partial charge in [0.25, 0.3) is 5.56 Å². The molecule has 0 atom stereocenters. The zero-order valence-corrected chi connectivity index (χ0v) is 9.04. The highest BCUT2D eigenvalue weighted by Crippen LogP contribution is 2.15. The van der Waals surface area contributed by atoms with Gasteiger partial charge >= 0.3 is 5.97 Å². The molecule has 0 fully saturated rings. The Kier molecular flexibility index (Phi) is 2.64. The van der Waals surface area contributed by atoms with Gasteiger partial charge in [-0.25, -0.2) is 9.48 Å². The summed E-state index contributed by atoms with van der Waals surface area (Å²) in [6.45, 7) is -0.308. The first kappa shape index (κ1) is 11.3. The third-order valence-corrected chi connectivity index (χ3v) is 2.52. The van der Waals surface area contributed by atoms with E-state index in [9.17, 15) is 9.59 Å². The van der Waals surface area contributed by atoms with Crippen LogP contribution in [0.4, 0.5) is 0 Å². The van der Waals surface area contributed by atoms with Gasteiger partial charge in [0, 0.05) is 12.4 Å². The molecule has 1 aromatic heterocycles. The van der Waals surface area contributed by atoms with Crippen LogP contribution in [-0.2, 0) is 13.7 Å². The number of carboxylic acid groups (broad SMARTS) is 1. The fourth-order valence-corrected chi connectivity index (χ4v) is 1.68. The zero-order valence-electron chi connectivity index (χ0n) is 9.04. The van der Waals surface area contributed by atoms with Gasteiger partial charge in [-0.1, -0.05) is 6.07 Å². The van der Waals surface area contributed by atoms with Crippen molar-refractivity contribution in [3.63, 3.8) is 0 Å². The second-order valence-corrected chi connectivity index (χ2v) is 3.60. The van der Waals surface area contributed by atoms with E-state index >= 15 is 0 Å². The molecule has 2 rings (SSSR count). The Morgan fingerprint density at radius 2 is 2.12 bits per heavy atom. The van der Waals surface area contributed by atoms with Crippen molar-refractivity contribution in [3.8, 4) is 0 Å². The van der Waals surface area contributed by atoms with Crippen molar-refractivity contribution in [1.82, 2.24) is 9.78 Å². The average Bonchev–Trinajstić information content (AvgIpc) is 2.33. The molecule has 6 nitrogen and oxygen atoms in total. The maximum absolute atomic E-state index is 11.8. The molecule has 0 radical (unpaired) electrons. The van der Waals surface area contributed by atoms with Gasteiger partial charge in [0.2, 0.25) is 0 Å². The number of aliphatic hydroxyl groups excluding tert-OH is 1. The number of aromatic nitrogens is 2. The number of rotatable bonds is 2. The van der Waals surface area contributed by atoms with E-state index in [4.69, 9.17) is 10.2 Å². The van der Waals surface area contributed by atoms with Crippen LogP contribution in [0.1, 0.15) is 16.1 Å². The number of carboxylic acids is 1. The molecular weight excluding hydrogens is 224 g/mol. The number of aryl methyl sites for hydroxylation is 1. The molecule has 0 saturated carbocycles. The van der Waals surface area contributed by atoms with Crippen molar-refractivity contribution in [1.29, 1.82) is 0 Å². The van der Waals surface area contributed by atoms with Crippen molar-refractivity contribution in [2.75, 3.05) is 0 Å². The number of aromatic carboxylic acids is 1. The van der Waals surface area contributed by atoms with Gasteiger partial charge < -0.3 is 10.2 Å². The first-order valence-corrected chi connectivity index (χ1v) is 4.88. The van der Waals surface area contributed by atoms with Crippen molar-refractivity contribution < 1.29 is 15.0 Å². The van der Waals surface area contributed by atoms with Gasteiger partial charge in [-0.05, 0) is 12.1 Å². The summed E-state index contributed by atoms with van der Waals surface area (Å²) in [5.74, 6) is -1.10. The van der Waals surface area contributed by atoms with Crippen LogP contribution in [-0.4, -0.2) is 26.0 Å². The minimum atomic E-state index is -1.10. The Labute approximate surface area is 95.7 Å². The number of aliphatic hydroxyl groups is 1. The molecule has 88 valence electrons. The summed E-state index contributed by atoms with van der Waals surface area (Å²) in [5.41, 5.74) is -0.0102. The van der Waals surface area contributed by atoms with E-state index in [1.165, 1.54) is 25.2 Å². The highest BCUT2D eigenvalue weighted by molar-refractivity contribution is 5.94. The van der Waals surface area contributed by atoms with Crippen LogP contribution in [0, 0.1) is 0 Å². The molecule has 0 saturated heterocycles. The molecule has 0 bridgehead atoms. The van der Waals surface area contributed by atoms with Crippen LogP contribution in [0.15, 0.2) is 23.0 Å². The van der Waals surface area contributed by atoms with Crippen LogP contribution >= 0.6 is 0 Å². The second-order valence-electron chi connectivity index (χ2n) is 3.60. The van der Waals surface area contributed by atoms with Crippen LogP contribution in [0.5, 0.6) is 0 Å². The lowest BCUT2D eigenvalue weighted by Crippen LogP contribution is -2.21. The molecule has 0 aliphatic heterocycles. The molecule has 2 aromatic rings. The quantitative estimate of drug-likeness (QED) is 0.770. The minimum absolute atomic E-state index is 0.0321. The molecule has 0 aliphatic carbocycles. The largest absolute Gasteiger partial charge is 0.478 e. The summed E-state index contributed by atoms with van der Waals surface area (Å²) < 4.78 is 1.08. The Morgan fingerprint density at radius 3 is 2.71 bits per heavy atom. The van der Waals surface area contributed by atoms with Crippen molar-refractivity contribution in [2.45, 2.75) is 6.61 Å². The Balaban J connectivity index is 2.89. The van der Waals surface area contributed by atoms with Crippen LogP contribution in [0.3, 0.4) is 0 Å². The standard InChI is InChI=1S/C11H10N2O4/c1-13-10(15)8-4-6(11(16)17)2-3-7(8)9(5-14)12-13/h2-4,14H,5H2,1H3,(H,16,17). The average molecular weight is 234 g/mol. The van der Waals surface area contributed by atoms with Gasteiger partial charge in [0.15, 0.2) is 0 Å². The van der Waals surface area contributed by atoms with Gasteiger partial charge in [-0.3, -0.25) is 4.79 Å². The molecule has 0 aliphatic rings. The monoisotopic (exact) mass is 234 g/mol. The summed E-state index contributed by atoms with van der Waals surface area (Å²) >= 11 is 0. The SMILES string of the molecule is Cn1nc(CO)c2ccc(C(=O)O)cc2c1=O. The Bertz CT molecular complexity index is 660. The number of benzene rings is 1. The summed E-state index contributed by atoms with van der Waals surface area (Å²) in [7, 11) is 1.45. The maximum Gasteiger partial charge on any atom is 0.335 e. The lowest BCUT2D eigenvalue weighted by atomic mass is 10.1. The molecule has 6 heteroatoms. The predicted octanol–water partition coefficient (Wildman–Crippen LogP) is 0.124. The first-order valence-electron chi connectivity index (χ1n) is 4.88. The summed E-state index contributed by atoms with van der Waals surface area (Å²) in [5, 5.41) is 22.6. The minimum Gasteiger partial charge on any atom is -0.478 e. The van der Waals surface area contributed by atoms with E-state index in [1.54, 1.807) is 0 Å². The van der Waals surface area contributed by atoms with Crippen LogP contribution in [0.2, 0.25) is 0 Å². The first-order chi connectivity index (χ1) is 8.04. The maximum atomic E-state index is 11.8. The Hall–Kier alpha value is -2.21. The van der Waals surface area contributed by atoms with E-state index in [1.807, 2.05) is 0 Å². The van der Waals surface area contributed by atoms with Crippen molar-refractivity contribution in [3.05, 3.63) is 39.8 Å². The molecule has 1 heterocycles. The van der Waals surface area contributed by atoms with Crippen molar-refractivity contribution in [2.24, 2.45) is 7.05 Å². The predicted molar refractivity (Wildman–Crippen MR) is 59.9 cm³/mol. The fourth-order valence-electron chi connectivity index (χ4n) is 1.68. The highest BCUT2D eigenvalue weighted by Gasteiger charge is 2.11. The lowest BCUT2D eigenvalue weighted by Gasteiger charge is -2.06. The lowest BCUT2D eigenvalue weighted by molar-refractivity contribution is 0.0697. The van der Waals surface area contributed by atoms with Crippen LogP contribution < -0.4 is 5.56 Å². The summed E-state index contributed by atoms with van der Waals surface area (Å²) in [6.07, 6.45) is 0. The number of hydrogen-bond acceptors (Lipinski definition) is 4. The molecule has 0 spiro atoms. The van der Waals surface area contributed by atoms with E-state index in [0.717, 1.165) is 4.68 Å². The Morgan fingerprint density at radius 1 is 1.41 bits per heavy atom. The van der Waals surface area contributed by atoms with Gasteiger partial charge in [-0.15, -0.1) is 0 Å². The van der Waals surface area contributed by atoms with E-state index in [0.29, 0.717) is 11.1 Å². The normalized spacial score (nSPS) is 10.7. The van der Waals surface area contributed by atoms with E-state index in [2.05, 4.69) is 5.10 Å². The second kappa shape index (κ2) is 3.99.